The molecule has 0 unspecified atom stereocenters. The largest absolute Gasteiger partial charge is 0.481 e. The summed E-state index contributed by atoms with van der Waals surface area (Å²) in [6, 6.07) is 3.44. The van der Waals surface area contributed by atoms with E-state index in [1.54, 1.807) is 17.0 Å². The van der Waals surface area contributed by atoms with Gasteiger partial charge in [0.25, 0.3) is 5.91 Å². The van der Waals surface area contributed by atoms with Gasteiger partial charge in [0.2, 0.25) is 11.8 Å². The fourth-order valence-electron chi connectivity index (χ4n) is 2.81. The summed E-state index contributed by atoms with van der Waals surface area (Å²) in [6.45, 7) is 1.16. The van der Waals surface area contributed by atoms with Gasteiger partial charge < -0.3 is 24.4 Å². The Morgan fingerprint density at radius 2 is 2.09 bits per heavy atom. The number of carbonyl (C=O) groups excluding carboxylic acids is 1. The van der Waals surface area contributed by atoms with Gasteiger partial charge in [-0.15, -0.1) is 0 Å². The van der Waals surface area contributed by atoms with Crippen LogP contribution in [0.15, 0.2) is 12.1 Å². The van der Waals surface area contributed by atoms with Gasteiger partial charge in [0.05, 0.1) is 14.2 Å². The van der Waals surface area contributed by atoms with Crippen molar-refractivity contribution in [1.82, 2.24) is 14.8 Å². The van der Waals surface area contributed by atoms with Crippen LogP contribution in [0.25, 0.3) is 0 Å². The number of methoxy groups -OCH3 is 2. The molecule has 22 heavy (non-hydrogen) atoms. The van der Waals surface area contributed by atoms with Crippen LogP contribution in [0.2, 0.25) is 0 Å². The molecule has 2 rings (SSSR count). The van der Waals surface area contributed by atoms with Gasteiger partial charge in [-0.3, -0.25) is 4.79 Å². The van der Waals surface area contributed by atoms with Crippen LogP contribution in [0.3, 0.4) is 0 Å². The molecule has 0 bridgehead atoms. The summed E-state index contributed by atoms with van der Waals surface area (Å²) >= 11 is 0. The number of aromatic nitrogens is 1. The van der Waals surface area contributed by atoms with Crippen LogP contribution in [0, 0.1) is 5.92 Å². The van der Waals surface area contributed by atoms with Crippen LogP contribution in [-0.2, 0) is 0 Å². The lowest BCUT2D eigenvalue weighted by Crippen LogP contribution is -2.37. The normalized spacial score (nSPS) is 21.3. The molecule has 1 aliphatic rings. The van der Waals surface area contributed by atoms with Crippen LogP contribution >= 0.6 is 0 Å². The van der Waals surface area contributed by atoms with E-state index < -0.39 is 0 Å². The predicted octanol–water partition coefficient (Wildman–Crippen LogP) is 0.0933. The summed E-state index contributed by atoms with van der Waals surface area (Å²) in [7, 11) is 6.90. The maximum Gasteiger partial charge on any atom is 0.259 e. The van der Waals surface area contributed by atoms with Crippen LogP contribution in [0.1, 0.15) is 10.4 Å². The Kier molecular flexibility index (Phi) is 5.20. The molecule has 2 atom stereocenters. The van der Waals surface area contributed by atoms with Crippen LogP contribution in [-0.4, -0.2) is 79.9 Å². The summed E-state index contributed by atoms with van der Waals surface area (Å²) in [5.74, 6) is 0.554. The minimum atomic E-state index is -0.144. The van der Waals surface area contributed by atoms with Crippen molar-refractivity contribution in [3.63, 3.8) is 0 Å². The molecule has 0 aromatic carbocycles. The Bertz CT molecular complexity index is 536. The number of aliphatic hydroxyl groups excluding tert-OH is 1. The number of likely N-dealkylation sites (tertiary alicyclic amines) is 1. The number of amides is 1. The van der Waals surface area contributed by atoms with Gasteiger partial charge >= 0.3 is 0 Å². The van der Waals surface area contributed by atoms with Crippen molar-refractivity contribution in [3.8, 4) is 11.8 Å². The number of likely N-dealkylation sites (N-methyl/N-ethyl adjacent to an activating group) is 1. The Hall–Kier alpha value is -1.86. The number of hydrogen-bond donors (Lipinski definition) is 1. The van der Waals surface area contributed by atoms with E-state index in [1.165, 1.54) is 14.2 Å². The van der Waals surface area contributed by atoms with Crippen LogP contribution in [0.4, 0.5) is 0 Å². The van der Waals surface area contributed by atoms with E-state index in [0.29, 0.717) is 24.5 Å². The maximum absolute atomic E-state index is 12.7. The van der Waals surface area contributed by atoms with E-state index in [9.17, 15) is 9.90 Å². The molecule has 0 spiro atoms. The molecule has 1 saturated heterocycles. The zero-order valence-electron chi connectivity index (χ0n) is 13.4. The molecule has 122 valence electrons. The van der Waals surface area contributed by atoms with Gasteiger partial charge in [-0.1, -0.05) is 0 Å². The molecule has 0 radical (unpaired) electrons. The van der Waals surface area contributed by atoms with Crippen LogP contribution < -0.4 is 9.47 Å². The second-order valence-corrected chi connectivity index (χ2v) is 5.59. The Labute approximate surface area is 130 Å². The van der Waals surface area contributed by atoms with Gasteiger partial charge in [-0.25, -0.2) is 0 Å². The molecule has 0 aliphatic carbocycles. The van der Waals surface area contributed by atoms with E-state index in [2.05, 4.69) is 4.98 Å². The molecular weight excluding hydrogens is 286 g/mol. The Morgan fingerprint density at radius 1 is 1.36 bits per heavy atom. The maximum atomic E-state index is 12.7. The first kappa shape index (κ1) is 16.5. The summed E-state index contributed by atoms with van der Waals surface area (Å²) < 4.78 is 10.2. The highest BCUT2D eigenvalue weighted by Crippen LogP contribution is 2.26. The summed E-state index contributed by atoms with van der Waals surface area (Å²) in [6.07, 6.45) is 0. The van der Waals surface area contributed by atoms with E-state index in [1.807, 2.05) is 19.0 Å². The standard InChI is InChI=1S/C15H23N3O4/c1-17(2)12-8-18(7-10(12)9-19)15(20)11-5-6-13(21-3)16-14(11)22-4/h5-6,10,12,19H,7-9H2,1-4H3/t10-,12+/m0/s1. The van der Waals surface area contributed by atoms with Gasteiger partial charge in [-0.2, -0.15) is 4.98 Å². The second kappa shape index (κ2) is 6.93. The lowest BCUT2D eigenvalue weighted by atomic mass is 10.0. The van der Waals surface area contributed by atoms with E-state index >= 15 is 0 Å². The number of pyridine rings is 1. The van der Waals surface area contributed by atoms with Crippen molar-refractivity contribution in [1.29, 1.82) is 0 Å². The minimum absolute atomic E-state index is 0.0520. The summed E-state index contributed by atoms with van der Waals surface area (Å²) in [5.41, 5.74) is 0.402. The van der Waals surface area contributed by atoms with Gasteiger partial charge in [0, 0.05) is 37.7 Å². The number of nitrogens with zero attached hydrogens (tertiary/aromatic N) is 3. The zero-order chi connectivity index (χ0) is 16.3. The monoisotopic (exact) mass is 309 g/mol. The average molecular weight is 309 g/mol. The van der Waals surface area contributed by atoms with Crippen molar-refractivity contribution in [3.05, 3.63) is 17.7 Å². The molecule has 7 heteroatoms. The fraction of sp³-hybridized carbons (Fsp3) is 0.600. The minimum Gasteiger partial charge on any atom is -0.481 e. The highest BCUT2D eigenvalue weighted by Gasteiger charge is 2.37. The molecule has 1 aromatic heterocycles. The van der Waals surface area contributed by atoms with Crippen LogP contribution in [0.5, 0.6) is 11.8 Å². The number of rotatable bonds is 5. The van der Waals surface area contributed by atoms with Crippen molar-refractivity contribution in [2.75, 3.05) is 48.0 Å². The summed E-state index contributed by atoms with van der Waals surface area (Å²) in [5, 5.41) is 9.51. The third-order valence-corrected chi connectivity index (χ3v) is 4.06. The molecule has 0 saturated carbocycles. The average Bonchev–Trinajstić information content (AvgIpc) is 2.98. The Morgan fingerprint density at radius 3 is 2.59 bits per heavy atom. The lowest BCUT2D eigenvalue weighted by Gasteiger charge is -2.23. The molecule has 1 fully saturated rings. The highest BCUT2D eigenvalue weighted by molar-refractivity contribution is 5.96. The van der Waals surface area contributed by atoms with Crippen molar-refractivity contribution < 1.29 is 19.4 Å². The lowest BCUT2D eigenvalue weighted by molar-refractivity contribution is 0.0774. The predicted molar refractivity (Wildman–Crippen MR) is 81.3 cm³/mol. The van der Waals surface area contributed by atoms with E-state index in [0.717, 1.165) is 0 Å². The second-order valence-electron chi connectivity index (χ2n) is 5.59. The Balaban J connectivity index is 2.22. The summed E-state index contributed by atoms with van der Waals surface area (Å²) in [4.78, 5) is 20.6. The van der Waals surface area contributed by atoms with Gasteiger partial charge in [0.15, 0.2) is 0 Å². The van der Waals surface area contributed by atoms with Gasteiger partial charge in [0.1, 0.15) is 5.56 Å². The molecular formula is C15H23N3O4. The molecule has 1 aliphatic heterocycles. The first-order valence-electron chi connectivity index (χ1n) is 7.17. The SMILES string of the molecule is COc1ccc(C(=O)N2C[C@@H](CO)[C@H](N(C)C)C2)c(OC)n1. The number of ether oxygens (including phenoxy) is 2. The first-order valence-corrected chi connectivity index (χ1v) is 7.17. The van der Waals surface area contributed by atoms with Crippen molar-refractivity contribution in [2.45, 2.75) is 6.04 Å². The van der Waals surface area contributed by atoms with Crippen molar-refractivity contribution >= 4 is 5.91 Å². The molecule has 2 heterocycles. The smallest absolute Gasteiger partial charge is 0.259 e. The van der Waals surface area contributed by atoms with E-state index in [4.69, 9.17) is 9.47 Å². The number of aliphatic hydroxyl groups is 1. The third kappa shape index (κ3) is 3.15. The zero-order valence-corrected chi connectivity index (χ0v) is 13.4. The molecule has 7 nitrogen and oxygen atoms in total. The quantitative estimate of drug-likeness (QED) is 0.831. The third-order valence-electron chi connectivity index (χ3n) is 4.06. The van der Waals surface area contributed by atoms with Gasteiger partial charge in [-0.05, 0) is 20.2 Å². The van der Waals surface area contributed by atoms with Crippen molar-refractivity contribution in [2.24, 2.45) is 5.92 Å². The molecule has 1 amide bonds. The number of hydrogen-bond acceptors (Lipinski definition) is 6. The topological polar surface area (TPSA) is 75.1 Å². The number of carbonyl (C=O) groups is 1. The fourth-order valence-corrected chi connectivity index (χ4v) is 2.81. The molecule has 1 N–H and O–H groups in total. The highest BCUT2D eigenvalue weighted by atomic mass is 16.5. The van der Waals surface area contributed by atoms with E-state index in [-0.39, 0.29) is 30.4 Å². The first-order chi connectivity index (χ1) is 10.5. The molecule has 1 aromatic rings.